The molecule has 3 aromatic rings. The Labute approximate surface area is 162 Å². The van der Waals surface area contributed by atoms with Crippen LogP contribution >= 0.6 is 11.6 Å². The lowest BCUT2D eigenvalue weighted by atomic mass is 10.1. The molecule has 0 saturated heterocycles. The van der Waals surface area contributed by atoms with Crippen LogP contribution in [0.25, 0.3) is 5.69 Å². The van der Waals surface area contributed by atoms with Gasteiger partial charge in [-0.05, 0) is 32.0 Å². The number of rotatable bonds is 7. The Balaban J connectivity index is 1.75. The second kappa shape index (κ2) is 8.64. The molecule has 1 aromatic carbocycles. The van der Waals surface area contributed by atoms with Crippen molar-refractivity contribution < 1.29 is 9.53 Å². The summed E-state index contributed by atoms with van der Waals surface area (Å²) in [6.45, 7) is 4.73. The van der Waals surface area contributed by atoms with Crippen LogP contribution in [0.2, 0.25) is 5.02 Å². The van der Waals surface area contributed by atoms with Crippen molar-refractivity contribution in [3.05, 3.63) is 65.6 Å². The van der Waals surface area contributed by atoms with Gasteiger partial charge in [0, 0.05) is 18.8 Å². The van der Waals surface area contributed by atoms with Gasteiger partial charge in [0.05, 0.1) is 34.7 Å². The maximum atomic E-state index is 13.2. The zero-order valence-electron chi connectivity index (χ0n) is 15.1. The smallest absolute Gasteiger partial charge is 0.256 e. The van der Waals surface area contributed by atoms with Gasteiger partial charge in [0.25, 0.3) is 5.91 Å². The summed E-state index contributed by atoms with van der Waals surface area (Å²) >= 11 is 5.83. The summed E-state index contributed by atoms with van der Waals surface area (Å²) in [5.74, 6) is 0.362. The van der Waals surface area contributed by atoms with Gasteiger partial charge < -0.3 is 9.64 Å². The van der Waals surface area contributed by atoms with E-state index in [4.69, 9.17) is 16.3 Å². The zero-order chi connectivity index (χ0) is 19.2. The Morgan fingerprint density at radius 1 is 1.22 bits per heavy atom. The number of likely N-dealkylation sites (N-methyl/N-ethyl adjacent to an activating group) is 1. The number of pyridine rings is 1. The van der Waals surface area contributed by atoms with Crippen molar-refractivity contribution in [2.45, 2.75) is 19.9 Å². The van der Waals surface area contributed by atoms with E-state index in [2.05, 4.69) is 15.2 Å². The van der Waals surface area contributed by atoms with Crippen molar-refractivity contribution in [3.8, 4) is 11.6 Å². The van der Waals surface area contributed by atoms with Crippen LogP contribution in [0.3, 0.4) is 0 Å². The minimum atomic E-state index is -0.154. The van der Waals surface area contributed by atoms with Crippen LogP contribution in [0.5, 0.6) is 5.88 Å². The Hall–Kier alpha value is -2.93. The third-order valence-electron chi connectivity index (χ3n) is 4.07. The molecule has 2 aromatic heterocycles. The summed E-state index contributed by atoms with van der Waals surface area (Å²) in [5.41, 5.74) is 1.17. The van der Waals surface area contributed by atoms with Crippen LogP contribution in [0.1, 0.15) is 24.2 Å². The first kappa shape index (κ1) is 18.8. The van der Waals surface area contributed by atoms with E-state index >= 15 is 0 Å². The van der Waals surface area contributed by atoms with Crippen LogP contribution in [0, 0.1) is 0 Å². The number of ether oxygens (including phenoxy) is 1. The third-order valence-corrected chi connectivity index (χ3v) is 4.30. The second-order valence-corrected chi connectivity index (χ2v) is 6.34. The fourth-order valence-electron chi connectivity index (χ4n) is 2.72. The minimum Gasteiger partial charge on any atom is -0.475 e. The van der Waals surface area contributed by atoms with Crippen LogP contribution in [-0.2, 0) is 0 Å². The lowest BCUT2D eigenvalue weighted by Crippen LogP contribution is -2.42. The Morgan fingerprint density at radius 2 is 1.96 bits per heavy atom. The highest BCUT2D eigenvalue weighted by Crippen LogP contribution is 2.17. The summed E-state index contributed by atoms with van der Waals surface area (Å²) in [5, 5.41) is 8.81. The van der Waals surface area contributed by atoms with Crippen molar-refractivity contribution in [1.29, 1.82) is 0 Å². The van der Waals surface area contributed by atoms with E-state index < -0.39 is 0 Å². The molecule has 140 valence electrons. The Kier molecular flexibility index (Phi) is 6.03. The number of aromatic nitrogens is 4. The number of hydrogen-bond acceptors (Lipinski definition) is 5. The lowest BCUT2D eigenvalue weighted by molar-refractivity contribution is 0.0646. The number of carbonyl (C=O) groups is 1. The predicted octanol–water partition coefficient (Wildman–Crippen LogP) is 3.25. The molecule has 0 radical (unpaired) electrons. The molecule has 0 fully saturated rings. The standard InChI is InChI=1S/C19H20ClN5O2/c1-3-24(14(2)13-27-18-9-8-15(20)12-21-18)19(26)16-6-4-5-7-17(16)25-22-10-11-23-25/h4-12,14H,3,13H2,1-2H3. The van der Waals surface area contributed by atoms with Crippen molar-refractivity contribution in [2.24, 2.45) is 0 Å². The summed E-state index contributed by atoms with van der Waals surface area (Å²) in [6, 6.07) is 10.5. The quantitative estimate of drug-likeness (QED) is 0.624. The average molecular weight is 386 g/mol. The molecule has 1 amide bonds. The molecule has 0 bridgehead atoms. The van der Waals surface area contributed by atoms with Crippen molar-refractivity contribution >= 4 is 17.5 Å². The first-order chi connectivity index (χ1) is 13.1. The van der Waals surface area contributed by atoms with Gasteiger partial charge in [-0.15, -0.1) is 0 Å². The van der Waals surface area contributed by atoms with E-state index in [1.54, 1.807) is 35.5 Å². The molecule has 27 heavy (non-hydrogen) atoms. The minimum absolute atomic E-state index is 0.106. The summed E-state index contributed by atoms with van der Waals surface area (Å²) < 4.78 is 5.70. The number of hydrogen-bond donors (Lipinski definition) is 0. The molecule has 2 heterocycles. The fourth-order valence-corrected chi connectivity index (χ4v) is 2.83. The van der Waals surface area contributed by atoms with Gasteiger partial charge in [0.2, 0.25) is 5.88 Å². The highest BCUT2D eigenvalue weighted by Gasteiger charge is 2.23. The number of amides is 1. The molecule has 0 aliphatic carbocycles. The molecule has 0 spiro atoms. The normalized spacial score (nSPS) is 11.8. The first-order valence-corrected chi connectivity index (χ1v) is 8.99. The molecule has 7 nitrogen and oxygen atoms in total. The molecule has 8 heteroatoms. The zero-order valence-corrected chi connectivity index (χ0v) is 15.9. The van der Waals surface area contributed by atoms with E-state index in [0.717, 1.165) is 0 Å². The molecular formula is C19H20ClN5O2. The average Bonchev–Trinajstić information content (AvgIpc) is 3.22. The van der Waals surface area contributed by atoms with Gasteiger partial charge in [-0.2, -0.15) is 15.0 Å². The van der Waals surface area contributed by atoms with E-state index in [1.807, 2.05) is 32.0 Å². The van der Waals surface area contributed by atoms with E-state index in [9.17, 15) is 4.79 Å². The molecule has 0 N–H and O–H groups in total. The van der Waals surface area contributed by atoms with Crippen molar-refractivity contribution in [1.82, 2.24) is 24.9 Å². The van der Waals surface area contributed by atoms with Crippen LogP contribution < -0.4 is 4.74 Å². The van der Waals surface area contributed by atoms with Crippen LogP contribution in [0.4, 0.5) is 0 Å². The van der Waals surface area contributed by atoms with E-state index in [-0.39, 0.29) is 11.9 Å². The molecular weight excluding hydrogens is 366 g/mol. The highest BCUT2D eigenvalue weighted by molar-refractivity contribution is 6.30. The van der Waals surface area contributed by atoms with Crippen molar-refractivity contribution in [3.63, 3.8) is 0 Å². The fraction of sp³-hybridized carbons (Fsp3) is 0.263. The van der Waals surface area contributed by atoms with E-state index in [0.29, 0.717) is 35.3 Å². The summed E-state index contributed by atoms with van der Waals surface area (Å²) in [6.07, 6.45) is 4.68. The largest absolute Gasteiger partial charge is 0.475 e. The predicted molar refractivity (Wildman–Crippen MR) is 102 cm³/mol. The van der Waals surface area contributed by atoms with E-state index in [1.165, 1.54) is 11.0 Å². The first-order valence-electron chi connectivity index (χ1n) is 8.61. The van der Waals surface area contributed by atoms with Gasteiger partial charge >= 0.3 is 0 Å². The van der Waals surface area contributed by atoms with Crippen LogP contribution in [-0.4, -0.2) is 50.0 Å². The number of para-hydroxylation sites is 1. The molecule has 0 aliphatic rings. The number of benzene rings is 1. The maximum Gasteiger partial charge on any atom is 0.256 e. The number of carbonyl (C=O) groups excluding carboxylic acids is 1. The summed E-state index contributed by atoms with van der Waals surface area (Å²) in [7, 11) is 0. The Bertz CT molecular complexity index is 883. The number of nitrogens with zero attached hydrogens (tertiary/aromatic N) is 5. The molecule has 1 unspecified atom stereocenters. The lowest BCUT2D eigenvalue weighted by Gasteiger charge is -2.28. The highest BCUT2D eigenvalue weighted by atomic mass is 35.5. The van der Waals surface area contributed by atoms with Crippen LogP contribution in [0.15, 0.2) is 55.0 Å². The van der Waals surface area contributed by atoms with Crippen molar-refractivity contribution in [2.75, 3.05) is 13.2 Å². The molecule has 0 aliphatic heterocycles. The van der Waals surface area contributed by atoms with Gasteiger partial charge in [0.15, 0.2) is 0 Å². The molecule has 0 saturated carbocycles. The van der Waals surface area contributed by atoms with Gasteiger partial charge in [-0.25, -0.2) is 4.98 Å². The molecule has 1 atom stereocenters. The maximum absolute atomic E-state index is 13.2. The van der Waals surface area contributed by atoms with Gasteiger partial charge in [-0.3, -0.25) is 4.79 Å². The Morgan fingerprint density at radius 3 is 2.63 bits per heavy atom. The molecule has 3 rings (SSSR count). The number of halogens is 1. The SMILES string of the molecule is CCN(C(=O)c1ccccc1-n1nccn1)C(C)COc1ccc(Cl)cn1. The van der Waals surface area contributed by atoms with Gasteiger partial charge in [-0.1, -0.05) is 23.7 Å². The monoisotopic (exact) mass is 385 g/mol. The topological polar surface area (TPSA) is 73.1 Å². The van der Waals surface area contributed by atoms with Gasteiger partial charge in [0.1, 0.15) is 6.61 Å². The third kappa shape index (κ3) is 4.43. The second-order valence-electron chi connectivity index (χ2n) is 5.90. The summed E-state index contributed by atoms with van der Waals surface area (Å²) in [4.78, 5) is 20.5.